The number of rotatable bonds is 5. The number of anilines is 1. The maximum Gasteiger partial charge on any atom is 0.246 e. The summed E-state index contributed by atoms with van der Waals surface area (Å²) in [5.74, 6) is 0.654. The highest BCUT2D eigenvalue weighted by atomic mass is 16.2. The van der Waals surface area contributed by atoms with Crippen LogP contribution in [0.1, 0.15) is 24.2 Å². The highest BCUT2D eigenvalue weighted by Gasteiger charge is 2.17. The molecule has 1 unspecified atom stereocenters. The van der Waals surface area contributed by atoms with Crippen molar-refractivity contribution in [3.8, 4) is 0 Å². The Balaban J connectivity index is 1.51. The second kappa shape index (κ2) is 7.19. The minimum absolute atomic E-state index is 0.0741. The van der Waals surface area contributed by atoms with Crippen LogP contribution in [0.4, 0.5) is 5.82 Å². The van der Waals surface area contributed by atoms with Crippen molar-refractivity contribution in [2.75, 3.05) is 19.4 Å². The highest BCUT2D eigenvalue weighted by molar-refractivity contribution is 5.93. The fourth-order valence-electron chi connectivity index (χ4n) is 3.21. The van der Waals surface area contributed by atoms with Crippen LogP contribution in [-0.2, 0) is 4.79 Å². The third-order valence-electron chi connectivity index (χ3n) is 5.02. The van der Waals surface area contributed by atoms with Gasteiger partial charge in [-0.3, -0.25) is 9.89 Å². The number of nitrogens with one attached hydrogen (secondary N) is 3. The topological polar surface area (TPSA) is 89.7 Å². The van der Waals surface area contributed by atoms with Crippen LogP contribution < -0.4 is 5.32 Å². The largest absolute Gasteiger partial charge is 0.371 e. The summed E-state index contributed by atoms with van der Waals surface area (Å²) in [5, 5.41) is 12.1. The molecular weight excluding hydrogens is 352 g/mol. The van der Waals surface area contributed by atoms with Gasteiger partial charge in [-0.1, -0.05) is 18.2 Å². The summed E-state index contributed by atoms with van der Waals surface area (Å²) in [6.07, 6.45) is 5.06. The lowest BCUT2D eigenvalue weighted by atomic mass is 10.2. The van der Waals surface area contributed by atoms with E-state index >= 15 is 0 Å². The first-order valence-corrected chi connectivity index (χ1v) is 9.11. The van der Waals surface area contributed by atoms with E-state index in [1.807, 2.05) is 38.2 Å². The second-order valence-electron chi connectivity index (χ2n) is 6.76. The van der Waals surface area contributed by atoms with Crippen LogP contribution in [-0.4, -0.2) is 45.1 Å². The molecule has 4 aromatic rings. The lowest BCUT2D eigenvalue weighted by Crippen LogP contribution is -2.28. The number of fused-ring (bicyclic) bond motifs is 2. The van der Waals surface area contributed by atoms with E-state index in [1.54, 1.807) is 30.3 Å². The molecule has 1 atom stereocenters. The zero-order valence-electron chi connectivity index (χ0n) is 16.0. The number of amides is 1. The number of hydrogen-bond acceptors (Lipinski definition) is 4. The quantitative estimate of drug-likeness (QED) is 0.465. The first-order valence-electron chi connectivity index (χ1n) is 9.11. The molecule has 0 aliphatic carbocycles. The summed E-state index contributed by atoms with van der Waals surface area (Å²) in [6.45, 7) is 2.01. The third-order valence-corrected chi connectivity index (χ3v) is 5.02. The van der Waals surface area contributed by atoms with Gasteiger partial charge in [0.1, 0.15) is 0 Å². The number of benzene rings is 1. The first-order chi connectivity index (χ1) is 13.6. The Labute approximate surface area is 162 Å². The van der Waals surface area contributed by atoms with Gasteiger partial charge in [-0.2, -0.15) is 5.10 Å². The standard InChI is InChI=1S/C21H22N6O/c1-13(18-11-15-6-4-5-7-17(15)24-18)27(3)19(28)9-8-14-10-16-20(22-2)25-26-21(16)23-12-14/h4-13,24H,1-3H3,(H2,22,23,25,26)/b9-8+. The van der Waals surface area contributed by atoms with Gasteiger partial charge in [0.05, 0.1) is 11.4 Å². The van der Waals surface area contributed by atoms with Crippen LogP contribution in [0.15, 0.2) is 48.7 Å². The molecule has 0 fully saturated rings. The number of pyridine rings is 1. The molecule has 0 aliphatic heterocycles. The SMILES string of the molecule is CNc1n[nH]c2ncc(/C=C/C(=O)N(C)C(C)c3cc4ccccc4[nH]3)cc12. The summed E-state index contributed by atoms with van der Waals surface area (Å²) < 4.78 is 0. The molecule has 4 rings (SSSR count). The molecule has 7 heteroatoms. The Morgan fingerprint density at radius 1 is 1.29 bits per heavy atom. The van der Waals surface area contributed by atoms with Crippen molar-refractivity contribution in [2.24, 2.45) is 0 Å². The Bertz CT molecular complexity index is 1140. The molecular formula is C21H22N6O. The van der Waals surface area contributed by atoms with Crippen molar-refractivity contribution in [1.29, 1.82) is 0 Å². The molecule has 7 nitrogen and oxygen atoms in total. The van der Waals surface area contributed by atoms with Crippen molar-refractivity contribution >= 4 is 39.7 Å². The van der Waals surface area contributed by atoms with Crippen molar-refractivity contribution in [2.45, 2.75) is 13.0 Å². The van der Waals surface area contributed by atoms with Gasteiger partial charge in [-0.05, 0) is 42.1 Å². The second-order valence-corrected chi connectivity index (χ2v) is 6.76. The zero-order valence-corrected chi connectivity index (χ0v) is 16.0. The number of carbonyl (C=O) groups is 1. The van der Waals surface area contributed by atoms with Crippen LogP contribution in [0.2, 0.25) is 0 Å². The summed E-state index contributed by atoms with van der Waals surface area (Å²) >= 11 is 0. The van der Waals surface area contributed by atoms with E-state index in [0.717, 1.165) is 33.4 Å². The minimum atomic E-state index is -0.0766. The van der Waals surface area contributed by atoms with Crippen molar-refractivity contribution in [3.05, 3.63) is 59.9 Å². The van der Waals surface area contributed by atoms with E-state index in [4.69, 9.17) is 0 Å². The lowest BCUT2D eigenvalue weighted by molar-refractivity contribution is -0.126. The van der Waals surface area contributed by atoms with Gasteiger partial charge in [0.2, 0.25) is 5.91 Å². The number of para-hydroxylation sites is 1. The van der Waals surface area contributed by atoms with Crippen LogP contribution in [0.25, 0.3) is 28.0 Å². The third kappa shape index (κ3) is 3.22. The van der Waals surface area contributed by atoms with Gasteiger partial charge in [0.25, 0.3) is 0 Å². The van der Waals surface area contributed by atoms with Gasteiger partial charge in [0.15, 0.2) is 11.5 Å². The van der Waals surface area contributed by atoms with Crippen molar-refractivity contribution in [3.63, 3.8) is 0 Å². The van der Waals surface area contributed by atoms with Gasteiger partial charge in [0, 0.05) is 37.6 Å². The first kappa shape index (κ1) is 17.8. The monoisotopic (exact) mass is 374 g/mol. The number of hydrogen-bond donors (Lipinski definition) is 3. The summed E-state index contributed by atoms with van der Waals surface area (Å²) in [7, 11) is 3.61. The summed E-state index contributed by atoms with van der Waals surface area (Å²) in [5.41, 5.74) is 3.62. The Morgan fingerprint density at radius 2 is 2.11 bits per heavy atom. The van der Waals surface area contributed by atoms with Gasteiger partial charge >= 0.3 is 0 Å². The summed E-state index contributed by atoms with van der Waals surface area (Å²) in [4.78, 5) is 22.1. The van der Waals surface area contributed by atoms with E-state index in [0.29, 0.717) is 5.65 Å². The van der Waals surface area contributed by atoms with Crippen LogP contribution in [0.5, 0.6) is 0 Å². The average Bonchev–Trinajstić information content (AvgIpc) is 3.34. The number of aromatic amines is 2. The number of H-pyrrole nitrogens is 2. The number of aromatic nitrogens is 4. The molecule has 142 valence electrons. The molecule has 0 radical (unpaired) electrons. The van der Waals surface area contributed by atoms with Gasteiger partial charge in [-0.25, -0.2) is 4.98 Å². The maximum absolute atomic E-state index is 12.7. The summed E-state index contributed by atoms with van der Waals surface area (Å²) in [6, 6.07) is 12.1. The number of nitrogens with zero attached hydrogens (tertiary/aromatic N) is 3. The van der Waals surface area contributed by atoms with Gasteiger partial charge < -0.3 is 15.2 Å². The molecule has 1 amide bonds. The van der Waals surface area contributed by atoms with Crippen molar-refractivity contribution in [1.82, 2.24) is 25.1 Å². The molecule has 0 spiro atoms. The van der Waals surface area contributed by atoms with E-state index in [9.17, 15) is 4.79 Å². The lowest BCUT2D eigenvalue weighted by Gasteiger charge is -2.22. The fourth-order valence-corrected chi connectivity index (χ4v) is 3.21. The molecule has 28 heavy (non-hydrogen) atoms. The highest BCUT2D eigenvalue weighted by Crippen LogP contribution is 2.24. The smallest absolute Gasteiger partial charge is 0.246 e. The van der Waals surface area contributed by atoms with E-state index in [-0.39, 0.29) is 11.9 Å². The van der Waals surface area contributed by atoms with Gasteiger partial charge in [-0.15, -0.1) is 0 Å². The molecule has 3 heterocycles. The molecule has 1 aromatic carbocycles. The Hall–Kier alpha value is -3.61. The predicted octanol–water partition coefficient (Wildman–Crippen LogP) is 3.71. The molecule has 3 aromatic heterocycles. The molecule has 0 aliphatic rings. The zero-order chi connectivity index (χ0) is 19.7. The Morgan fingerprint density at radius 3 is 2.89 bits per heavy atom. The normalized spacial score (nSPS) is 12.7. The van der Waals surface area contributed by atoms with Crippen molar-refractivity contribution < 1.29 is 4.79 Å². The van der Waals surface area contributed by atoms with Crippen LogP contribution in [0, 0.1) is 0 Å². The number of likely N-dealkylation sites (N-methyl/N-ethyl adjacent to an activating group) is 1. The molecule has 3 N–H and O–H groups in total. The van der Waals surface area contributed by atoms with E-state index in [1.165, 1.54) is 0 Å². The average molecular weight is 374 g/mol. The minimum Gasteiger partial charge on any atom is -0.371 e. The fraction of sp³-hybridized carbons (Fsp3) is 0.190. The molecule has 0 bridgehead atoms. The maximum atomic E-state index is 12.7. The molecule has 0 saturated heterocycles. The van der Waals surface area contributed by atoms with E-state index in [2.05, 4.69) is 37.6 Å². The van der Waals surface area contributed by atoms with E-state index < -0.39 is 0 Å². The predicted molar refractivity (Wildman–Crippen MR) is 112 cm³/mol. The Kier molecular flexibility index (Phi) is 4.57. The van der Waals surface area contributed by atoms with Crippen LogP contribution in [0.3, 0.4) is 0 Å². The van der Waals surface area contributed by atoms with Crippen LogP contribution >= 0.6 is 0 Å². The molecule has 0 saturated carbocycles. The number of carbonyl (C=O) groups excluding carboxylic acids is 1.